The van der Waals surface area contributed by atoms with E-state index in [0.717, 1.165) is 17.3 Å². The van der Waals surface area contributed by atoms with Crippen molar-refractivity contribution in [3.8, 4) is 5.69 Å². The highest BCUT2D eigenvalue weighted by Gasteiger charge is 2.17. The van der Waals surface area contributed by atoms with E-state index < -0.39 is 5.91 Å². The number of nitrogens with one attached hydrogen (secondary N) is 1. The zero-order valence-corrected chi connectivity index (χ0v) is 17.6. The van der Waals surface area contributed by atoms with Crippen molar-refractivity contribution in [3.63, 3.8) is 0 Å². The van der Waals surface area contributed by atoms with Crippen LogP contribution in [0, 0.1) is 5.82 Å². The summed E-state index contributed by atoms with van der Waals surface area (Å²) >= 11 is 12.2. The molecule has 5 nitrogen and oxygen atoms in total. The highest BCUT2D eigenvalue weighted by molar-refractivity contribution is 6.36. The molecular weight excluding hydrogens is 426 g/mol. The molecule has 0 aliphatic heterocycles. The van der Waals surface area contributed by atoms with Crippen LogP contribution < -0.4 is 11.1 Å². The van der Waals surface area contributed by atoms with Crippen molar-refractivity contribution in [2.45, 2.75) is 13.3 Å². The Morgan fingerprint density at radius 3 is 2.57 bits per heavy atom. The number of hydrogen-bond donors (Lipinski definition) is 2. The molecular formula is C22H19Cl2FN4O. The van der Waals surface area contributed by atoms with Gasteiger partial charge in [0, 0.05) is 17.1 Å². The molecule has 30 heavy (non-hydrogen) atoms. The average molecular weight is 445 g/mol. The number of nitrogens with two attached hydrogens (primary N) is 1. The minimum atomic E-state index is -0.434. The van der Waals surface area contributed by atoms with E-state index in [4.69, 9.17) is 28.9 Å². The summed E-state index contributed by atoms with van der Waals surface area (Å²) in [5.41, 5.74) is 8.24. The fourth-order valence-corrected chi connectivity index (χ4v) is 3.31. The topological polar surface area (TPSA) is 72.9 Å². The van der Waals surface area contributed by atoms with Gasteiger partial charge in [-0.2, -0.15) is 5.10 Å². The Hall–Kier alpha value is -3.09. The number of fused-ring (bicyclic) bond motifs is 1. The van der Waals surface area contributed by atoms with E-state index in [-0.39, 0.29) is 21.6 Å². The van der Waals surface area contributed by atoms with Gasteiger partial charge in [0.2, 0.25) is 0 Å². The molecule has 1 heterocycles. The highest BCUT2D eigenvalue weighted by Crippen LogP contribution is 2.25. The molecule has 0 saturated carbocycles. The Bertz CT molecular complexity index is 1180. The summed E-state index contributed by atoms with van der Waals surface area (Å²) in [4.78, 5) is 12.9. The van der Waals surface area contributed by atoms with Crippen LogP contribution in [-0.4, -0.2) is 15.7 Å². The number of aromatic nitrogens is 2. The molecule has 1 amide bonds. The standard InChI is InChI=1S/C22H19Cl2FN4O/c1-3-17(23)21(18(24)12-26)27-22(30)13-5-10-16-19(4-2)28-29(20(16)11-13)15-8-6-14(25)7-9-15/h3,5-12H,1,4,26H2,2H3,(H,27,30)/b18-12+,21-17-. The van der Waals surface area contributed by atoms with Gasteiger partial charge in [0.1, 0.15) is 5.82 Å². The third kappa shape index (κ3) is 4.25. The molecule has 0 bridgehead atoms. The minimum Gasteiger partial charge on any atom is -0.403 e. The minimum absolute atomic E-state index is 0.0824. The molecule has 3 N–H and O–H groups in total. The van der Waals surface area contributed by atoms with E-state index in [1.54, 1.807) is 28.9 Å². The Morgan fingerprint density at radius 1 is 1.27 bits per heavy atom. The molecule has 154 valence electrons. The van der Waals surface area contributed by atoms with Crippen molar-refractivity contribution >= 4 is 40.0 Å². The van der Waals surface area contributed by atoms with Gasteiger partial charge in [0.05, 0.1) is 32.7 Å². The lowest BCUT2D eigenvalue weighted by molar-refractivity contribution is 0.0967. The summed E-state index contributed by atoms with van der Waals surface area (Å²) in [7, 11) is 0. The van der Waals surface area contributed by atoms with Crippen molar-refractivity contribution in [1.82, 2.24) is 15.1 Å². The molecule has 0 atom stereocenters. The number of halogens is 3. The molecule has 3 aromatic rings. The lowest BCUT2D eigenvalue weighted by atomic mass is 10.1. The fourth-order valence-electron chi connectivity index (χ4n) is 2.97. The van der Waals surface area contributed by atoms with Gasteiger partial charge in [-0.05, 0) is 48.9 Å². The number of allylic oxidation sites excluding steroid dienone is 3. The second-order valence-electron chi connectivity index (χ2n) is 6.32. The first kappa shape index (κ1) is 21.6. The Balaban J connectivity index is 2.08. The zero-order chi connectivity index (χ0) is 21.8. The molecule has 0 aliphatic carbocycles. The van der Waals surface area contributed by atoms with E-state index in [1.165, 1.54) is 18.2 Å². The maximum atomic E-state index is 13.3. The lowest BCUT2D eigenvalue weighted by Gasteiger charge is -2.11. The maximum Gasteiger partial charge on any atom is 0.255 e. The van der Waals surface area contributed by atoms with Gasteiger partial charge in [0.15, 0.2) is 0 Å². The van der Waals surface area contributed by atoms with Crippen LogP contribution in [0.15, 0.2) is 77.1 Å². The highest BCUT2D eigenvalue weighted by atomic mass is 35.5. The predicted octanol–water partition coefficient (Wildman–Crippen LogP) is 5.13. The Labute approximate surface area is 183 Å². The van der Waals surface area contributed by atoms with Gasteiger partial charge in [0.25, 0.3) is 5.91 Å². The number of benzene rings is 2. The van der Waals surface area contributed by atoms with Crippen LogP contribution in [0.3, 0.4) is 0 Å². The van der Waals surface area contributed by atoms with Gasteiger partial charge in [-0.25, -0.2) is 9.07 Å². The molecule has 0 fully saturated rings. The lowest BCUT2D eigenvalue weighted by Crippen LogP contribution is -2.24. The summed E-state index contributed by atoms with van der Waals surface area (Å²) in [6, 6.07) is 11.2. The smallest absolute Gasteiger partial charge is 0.255 e. The summed E-state index contributed by atoms with van der Waals surface area (Å²) < 4.78 is 15.0. The predicted molar refractivity (Wildman–Crippen MR) is 119 cm³/mol. The fraction of sp³-hybridized carbons (Fsp3) is 0.0909. The molecule has 2 aromatic carbocycles. The van der Waals surface area contributed by atoms with Crippen LogP contribution in [-0.2, 0) is 6.42 Å². The molecule has 8 heteroatoms. The van der Waals surface area contributed by atoms with Crippen LogP contribution in [0.2, 0.25) is 0 Å². The number of carbonyl (C=O) groups excluding carboxylic acids is 1. The first-order chi connectivity index (χ1) is 14.4. The van der Waals surface area contributed by atoms with E-state index >= 15 is 0 Å². The first-order valence-corrected chi connectivity index (χ1v) is 9.84. The first-order valence-electron chi connectivity index (χ1n) is 9.08. The number of carbonyl (C=O) groups is 1. The number of rotatable bonds is 6. The van der Waals surface area contributed by atoms with Crippen molar-refractivity contribution in [3.05, 3.63) is 94.2 Å². The number of hydrogen-bond acceptors (Lipinski definition) is 3. The van der Waals surface area contributed by atoms with Crippen LogP contribution in [0.25, 0.3) is 16.6 Å². The van der Waals surface area contributed by atoms with Crippen LogP contribution in [0.5, 0.6) is 0 Å². The number of amides is 1. The second kappa shape index (κ2) is 9.15. The zero-order valence-electron chi connectivity index (χ0n) is 16.1. The number of aryl methyl sites for hydroxylation is 1. The summed E-state index contributed by atoms with van der Waals surface area (Å²) in [6.07, 6.45) is 3.18. The van der Waals surface area contributed by atoms with Gasteiger partial charge in [-0.3, -0.25) is 4.79 Å². The van der Waals surface area contributed by atoms with E-state index in [0.29, 0.717) is 23.2 Å². The van der Waals surface area contributed by atoms with Gasteiger partial charge in [-0.1, -0.05) is 42.8 Å². The van der Waals surface area contributed by atoms with Crippen molar-refractivity contribution < 1.29 is 9.18 Å². The van der Waals surface area contributed by atoms with E-state index in [9.17, 15) is 9.18 Å². The Kier molecular flexibility index (Phi) is 6.59. The van der Waals surface area contributed by atoms with E-state index in [1.807, 2.05) is 13.0 Å². The van der Waals surface area contributed by atoms with Crippen molar-refractivity contribution in [1.29, 1.82) is 0 Å². The Morgan fingerprint density at radius 2 is 1.97 bits per heavy atom. The van der Waals surface area contributed by atoms with Crippen molar-refractivity contribution in [2.75, 3.05) is 0 Å². The molecule has 0 aliphatic rings. The third-order valence-electron chi connectivity index (χ3n) is 4.47. The second-order valence-corrected chi connectivity index (χ2v) is 7.13. The summed E-state index contributed by atoms with van der Waals surface area (Å²) in [5, 5.41) is 8.43. The third-order valence-corrected chi connectivity index (χ3v) is 5.13. The molecule has 0 spiro atoms. The number of nitrogens with zero attached hydrogens (tertiary/aromatic N) is 2. The molecule has 3 rings (SSSR count). The molecule has 0 saturated heterocycles. The summed E-state index contributed by atoms with van der Waals surface area (Å²) in [5.74, 6) is -0.772. The summed E-state index contributed by atoms with van der Waals surface area (Å²) in [6.45, 7) is 5.57. The largest absolute Gasteiger partial charge is 0.403 e. The van der Waals surface area contributed by atoms with E-state index in [2.05, 4.69) is 17.0 Å². The maximum absolute atomic E-state index is 13.3. The van der Waals surface area contributed by atoms with Gasteiger partial charge in [-0.15, -0.1) is 0 Å². The quantitative estimate of drug-likeness (QED) is 0.517. The van der Waals surface area contributed by atoms with Gasteiger partial charge < -0.3 is 11.1 Å². The van der Waals surface area contributed by atoms with Crippen molar-refractivity contribution in [2.24, 2.45) is 5.73 Å². The normalized spacial score (nSPS) is 12.6. The van der Waals surface area contributed by atoms with Gasteiger partial charge >= 0.3 is 0 Å². The molecule has 1 aromatic heterocycles. The monoisotopic (exact) mass is 444 g/mol. The van der Waals surface area contributed by atoms with Crippen LogP contribution in [0.1, 0.15) is 23.0 Å². The SMILES string of the molecule is C=C/C(Cl)=C(NC(=O)c1ccc2c(CC)nn(-c3ccc(F)cc3)c2c1)\C(Cl)=C/N. The van der Waals surface area contributed by atoms with Crippen LogP contribution in [0.4, 0.5) is 4.39 Å². The molecule has 0 unspecified atom stereocenters. The molecule has 0 radical (unpaired) electrons. The average Bonchev–Trinajstić information content (AvgIpc) is 3.14. The van der Waals surface area contributed by atoms with Crippen LogP contribution >= 0.6 is 23.2 Å².